The molecule has 0 spiro atoms. The number of hydrogen-bond donors (Lipinski definition) is 1. The summed E-state index contributed by atoms with van der Waals surface area (Å²) in [6, 6.07) is 0. The molecule has 0 aromatic carbocycles. The maximum absolute atomic E-state index is 12.3. The zero-order valence-electron chi connectivity index (χ0n) is 12.2. The predicted octanol–water partition coefficient (Wildman–Crippen LogP) is 0.165. The molecule has 2 unspecified atom stereocenters. The van der Waals surface area contributed by atoms with Crippen molar-refractivity contribution < 1.29 is 9.53 Å². The smallest absolute Gasteiger partial charge is 0.253 e. The molecule has 0 aromatic rings. The first-order valence-corrected chi connectivity index (χ1v) is 7.50. The van der Waals surface area contributed by atoms with Gasteiger partial charge in [0.25, 0.3) is 5.91 Å². The zero-order chi connectivity index (χ0) is 13.7. The van der Waals surface area contributed by atoms with Crippen LogP contribution in [0.1, 0.15) is 19.8 Å². The Bertz CT molecular complexity index is 292. The van der Waals surface area contributed by atoms with Gasteiger partial charge in [-0.3, -0.25) is 4.79 Å². The van der Waals surface area contributed by atoms with Crippen LogP contribution < -0.4 is 5.32 Å². The number of carbonyl (C=O) groups excluding carboxylic acids is 1. The zero-order valence-corrected chi connectivity index (χ0v) is 12.2. The lowest BCUT2D eigenvalue weighted by Gasteiger charge is -2.27. The van der Waals surface area contributed by atoms with Crippen molar-refractivity contribution in [3.8, 4) is 0 Å². The van der Waals surface area contributed by atoms with Crippen molar-refractivity contribution in [2.75, 3.05) is 52.9 Å². The molecule has 2 heterocycles. The molecule has 5 heteroatoms. The van der Waals surface area contributed by atoms with Gasteiger partial charge in [0, 0.05) is 32.7 Å². The van der Waals surface area contributed by atoms with Gasteiger partial charge in [-0.2, -0.15) is 0 Å². The largest absolute Gasteiger partial charge is 0.366 e. The summed E-state index contributed by atoms with van der Waals surface area (Å²) < 4.78 is 5.54. The molecule has 0 saturated carbocycles. The van der Waals surface area contributed by atoms with Gasteiger partial charge in [0.2, 0.25) is 0 Å². The van der Waals surface area contributed by atoms with E-state index < -0.39 is 0 Å². The molecule has 2 fully saturated rings. The second kappa shape index (κ2) is 7.22. The van der Waals surface area contributed by atoms with E-state index in [1.54, 1.807) is 0 Å². The number of rotatable bonds is 5. The molecular formula is C14H27N3O2. The maximum Gasteiger partial charge on any atom is 0.253 e. The van der Waals surface area contributed by atoms with Crippen LogP contribution in [0.5, 0.6) is 0 Å². The number of hydrogen-bond acceptors (Lipinski definition) is 4. The van der Waals surface area contributed by atoms with Crippen molar-refractivity contribution >= 4 is 5.91 Å². The van der Waals surface area contributed by atoms with Gasteiger partial charge in [0.15, 0.2) is 0 Å². The Kier molecular flexibility index (Phi) is 5.60. The van der Waals surface area contributed by atoms with Gasteiger partial charge < -0.3 is 19.9 Å². The van der Waals surface area contributed by atoms with Gasteiger partial charge in [-0.05, 0) is 32.4 Å². The number of ether oxygens (including phenoxy) is 1. The van der Waals surface area contributed by atoms with E-state index in [0.717, 1.165) is 39.1 Å². The molecule has 1 N–H and O–H groups in total. The minimum atomic E-state index is -0.263. The monoisotopic (exact) mass is 269 g/mol. The van der Waals surface area contributed by atoms with E-state index in [-0.39, 0.29) is 12.0 Å². The molecule has 2 aliphatic heterocycles. The number of amides is 1. The molecule has 0 bridgehead atoms. The van der Waals surface area contributed by atoms with Gasteiger partial charge in [-0.1, -0.05) is 6.92 Å². The van der Waals surface area contributed by atoms with Crippen LogP contribution in [-0.4, -0.2) is 74.7 Å². The third kappa shape index (κ3) is 4.16. The van der Waals surface area contributed by atoms with Crippen LogP contribution >= 0.6 is 0 Å². The van der Waals surface area contributed by atoms with Crippen molar-refractivity contribution in [2.24, 2.45) is 5.92 Å². The number of nitrogens with zero attached hydrogens (tertiary/aromatic N) is 2. The van der Waals surface area contributed by atoms with E-state index in [4.69, 9.17) is 4.74 Å². The molecule has 0 aliphatic carbocycles. The summed E-state index contributed by atoms with van der Waals surface area (Å²) in [4.78, 5) is 16.7. The fourth-order valence-electron chi connectivity index (χ4n) is 3.02. The number of morpholine rings is 1. The minimum Gasteiger partial charge on any atom is -0.366 e. The summed E-state index contributed by atoms with van der Waals surface area (Å²) in [5.74, 6) is 0.796. The van der Waals surface area contributed by atoms with E-state index >= 15 is 0 Å². The maximum atomic E-state index is 12.3. The Morgan fingerprint density at radius 3 is 3.05 bits per heavy atom. The number of carbonyl (C=O) groups is 1. The van der Waals surface area contributed by atoms with Gasteiger partial charge in [0.1, 0.15) is 6.10 Å². The SMILES string of the molecule is CCCN(C)CC1CCN(C(=O)C2CNCCO2)C1. The van der Waals surface area contributed by atoms with E-state index in [2.05, 4.69) is 24.2 Å². The predicted molar refractivity (Wildman–Crippen MR) is 75.1 cm³/mol. The molecule has 1 amide bonds. The van der Waals surface area contributed by atoms with Crippen LogP contribution in [0, 0.1) is 5.92 Å². The van der Waals surface area contributed by atoms with Crippen molar-refractivity contribution in [1.29, 1.82) is 0 Å². The summed E-state index contributed by atoms with van der Waals surface area (Å²) >= 11 is 0. The second-order valence-corrected chi connectivity index (χ2v) is 5.76. The van der Waals surface area contributed by atoms with E-state index in [0.29, 0.717) is 19.1 Å². The summed E-state index contributed by atoms with van der Waals surface area (Å²) in [7, 11) is 2.17. The first-order valence-electron chi connectivity index (χ1n) is 7.50. The van der Waals surface area contributed by atoms with Crippen LogP contribution in [0.15, 0.2) is 0 Å². The van der Waals surface area contributed by atoms with Crippen molar-refractivity contribution in [2.45, 2.75) is 25.9 Å². The van der Waals surface area contributed by atoms with Gasteiger partial charge in [-0.15, -0.1) is 0 Å². The summed E-state index contributed by atoms with van der Waals surface area (Å²) in [5, 5.41) is 3.22. The Balaban J connectivity index is 1.75. The van der Waals surface area contributed by atoms with E-state index in [1.807, 2.05) is 4.90 Å². The molecule has 0 radical (unpaired) electrons. The van der Waals surface area contributed by atoms with Gasteiger partial charge >= 0.3 is 0 Å². The molecule has 5 nitrogen and oxygen atoms in total. The topological polar surface area (TPSA) is 44.8 Å². The van der Waals surface area contributed by atoms with Crippen LogP contribution in [0.3, 0.4) is 0 Å². The third-order valence-corrected chi connectivity index (χ3v) is 3.98. The standard InChI is InChI=1S/C14H27N3O2/c1-3-6-16(2)10-12-4-7-17(11-12)14(18)13-9-15-5-8-19-13/h12-13,15H,3-11H2,1-2H3. The van der Waals surface area contributed by atoms with Gasteiger partial charge in [-0.25, -0.2) is 0 Å². The van der Waals surface area contributed by atoms with Crippen molar-refractivity contribution in [3.63, 3.8) is 0 Å². The van der Waals surface area contributed by atoms with Crippen LogP contribution in [0.2, 0.25) is 0 Å². The lowest BCUT2D eigenvalue weighted by molar-refractivity contribution is -0.144. The van der Waals surface area contributed by atoms with Crippen molar-refractivity contribution in [1.82, 2.24) is 15.1 Å². The Hall–Kier alpha value is -0.650. The third-order valence-electron chi connectivity index (χ3n) is 3.98. The Morgan fingerprint density at radius 2 is 2.37 bits per heavy atom. The lowest BCUT2D eigenvalue weighted by atomic mass is 10.1. The summed E-state index contributed by atoms with van der Waals surface area (Å²) in [5.41, 5.74) is 0. The minimum absolute atomic E-state index is 0.174. The molecule has 2 aliphatic rings. The molecule has 110 valence electrons. The fraction of sp³-hybridized carbons (Fsp3) is 0.929. The van der Waals surface area contributed by atoms with Crippen LogP contribution in [0.4, 0.5) is 0 Å². The summed E-state index contributed by atoms with van der Waals surface area (Å²) in [6.45, 7) is 8.39. The highest BCUT2D eigenvalue weighted by Crippen LogP contribution is 2.19. The average molecular weight is 269 g/mol. The van der Waals surface area contributed by atoms with E-state index in [9.17, 15) is 4.79 Å². The molecule has 2 saturated heterocycles. The molecule has 2 rings (SSSR count). The quantitative estimate of drug-likeness (QED) is 0.772. The van der Waals surface area contributed by atoms with Crippen LogP contribution in [-0.2, 0) is 9.53 Å². The Morgan fingerprint density at radius 1 is 1.53 bits per heavy atom. The molecule has 19 heavy (non-hydrogen) atoms. The highest BCUT2D eigenvalue weighted by molar-refractivity contribution is 5.81. The molecule has 2 atom stereocenters. The van der Waals surface area contributed by atoms with Gasteiger partial charge in [0.05, 0.1) is 6.61 Å². The van der Waals surface area contributed by atoms with Crippen molar-refractivity contribution in [3.05, 3.63) is 0 Å². The second-order valence-electron chi connectivity index (χ2n) is 5.76. The Labute approximate surface area is 116 Å². The van der Waals surface area contributed by atoms with Crippen LogP contribution in [0.25, 0.3) is 0 Å². The van der Waals surface area contributed by atoms with E-state index in [1.165, 1.54) is 6.42 Å². The first kappa shape index (κ1) is 14.8. The highest BCUT2D eigenvalue weighted by Gasteiger charge is 2.32. The fourth-order valence-corrected chi connectivity index (χ4v) is 3.02. The normalized spacial score (nSPS) is 28.1. The highest BCUT2D eigenvalue weighted by atomic mass is 16.5. The average Bonchev–Trinajstić information content (AvgIpc) is 2.87. The molecule has 0 aromatic heterocycles. The first-order chi connectivity index (χ1) is 9.20. The summed E-state index contributed by atoms with van der Waals surface area (Å²) in [6.07, 6.45) is 2.05. The number of nitrogens with one attached hydrogen (secondary N) is 1. The lowest BCUT2D eigenvalue weighted by Crippen LogP contribution is -2.49. The number of likely N-dealkylation sites (tertiary alicyclic amines) is 1. The molecular weight excluding hydrogens is 242 g/mol.